The average molecular weight is 337 g/mol. The first-order valence-corrected chi connectivity index (χ1v) is 8.13. The summed E-state index contributed by atoms with van der Waals surface area (Å²) >= 11 is 1.47. The van der Waals surface area contributed by atoms with Crippen LogP contribution in [-0.4, -0.2) is 21.2 Å². The Hall–Kier alpha value is -2.73. The summed E-state index contributed by atoms with van der Waals surface area (Å²) in [7, 11) is 0. The van der Waals surface area contributed by atoms with Crippen LogP contribution < -0.4 is 4.74 Å². The Morgan fingerprint density at radius 2 is 2.04 bits per heavy atom. The monoisotopic (exact) mass is 337 g/mol. The summed E-state index contributed by atoms with van der Waals surface area (Å²) in [6.07, 6.45) is 7.51. The molecule has 6 heteroatoms. The molecule has 24 heavy (non-hydrogen) atoms. The van der Waals surface area contributed by atoms with Crippen molar-refractivity contribution < 1.29 is 9.53 Å². The molecule has 3 aromatic heterocycles. The molecule has 0 saturated heterocycles. The van der Waals surface area contributed by atoms with E-state index in [0.717, 1.165) is 27.3 Å². The van der Waals surface area contributed by atoms with E-state index in [2.05, 4.69) is 15.0 Å². The molecule has 3 heterocycles. The number of hydrogen-bond donors (Lipinski definition) is 0. The van der Waals surface area contributed by atoms with Gasteiger partial charge in [0.2, 0.25) is 5.88 Å². The minimum absolute atomic E-state index is 0.447. The minimum atomic E-state index is 0.447. The first-order valence-electron chi connectivity index (χ1n) is 7.32. The van der Waals surface area contributed by atoms with Crippen molar-refractivity contribution in [2.75, 3.05) is 0 Å². The second kappa shape index (κ2) is 7.70. The molecule has 0 aliphatic carbocycles. The van der Waals surface area contributed by atoms with E-state index in [1.807, 2.05) is 37.3 Å². The van der Waals surface area contributed by atoms with Gasteiger partial charge in [-0.2, -0.15) is 0 Å². The molecule has 0 amide bonds. The van der Waals surface area contributed by atoms with Crippen LogP contribution in [0.2, 0.25) is 0 Å². The maximum Gasteiger partial charge on any atom is 0.213 e. The number of aromatic nitrogens is 3. The fourth-order valence-electron chi connectivity index (χ4n) is 2.07. The van der Waals surface area contributed by atoms with Crippen molar-refractivity contribution in [3.05, 3.63) is 71.9 Å². The Labute approximate surface area is 144 Å². The van der Waals surface area contributed by atoms with Crippen molar-refractivity contribution in [2.45, 2.75) is 23.3 Å². The lowest BCUT2D eigenvalue weighted by atomic mass is 10.2. The molecule has 3 aromatic rings. The normalized spacial score (nSPS) is 10.4. The highest BCUT2D eigenvalue weighted by Gasteiger charge is 2.05. The van der Waals surface area contributed by atoms with Crippen LogP contribution >= 0.6 is 11.8 Å². The Morgan fingerprint density at radius 1 is 1.12 bits per heavy atom. The van der Waals surface area contributed by atoms with Crippen LogP contribution in [0.15, 0.2) is 64.9 Å². The number of nitrogens with zero attached hydrogens (tertiary/aromatic N) is 3. The van der Waals surface area contributed by atoms with Crippen LogP contribution in [0.3, 0.4) is 0 Å². The van der Waals surface area contributed by atoms with E-state index in [9.17, 15) is 4.79 Å². The molecule has 0 bridgehead atoms. The minimum Gasteiger partial charge on any atom is -0.473 e. The van der Waals surface area contributed by atoms with E-state index in [0.29, 0.717) is 18.1 Å². The Bertz CT molecular complexity index is 838. The van der Waals surface area contributed by atoms with Crippen LogP contribution in [0, 0.1) is 6.92 Å². The molecule has 0 aromatic carbocycles. The first kappa shape index (κ1) is 16.1. The van der Waals surface area contributed by atoms with Crippen LogP contribution in [0.1, 0.15) is 21.6 Å². The Morgan fingerprint density at radius 3 is 2.79 bits per heavy atom. The van der Waals surface area contributed by atoms with E-state index < -0.39 is 0 Å². The van der Waals surface area contributed by atoms with Crippen LogP contribution in [0.25, 0.3) is 0 Å². The molecule has 0 unspecified atom stereocenters. The standard InChI is InChI=1S/C18H15N3O2S/c1-13-8-14(4-7-20-13)12-23-18-3-2-16(10-21-18)24-17-5-6-19-9-15(17)11-22/h2-11H,12H2,1H3. The number of rotatable bonds is 6. The lowest BCUT2D eigenvalue weighted by molar-refractivity contribution is 0.112. The number of hydrogen-bond acceptors (Lipinski definition) is 6. The van der Waals surface area contributed by atoms with E-state index in [1.54, 1.807) is 24.8 Å². The third-order valence-electron chi connectivity index (χ3n) is 3.22. The molecule has 0 atom stereocenters. The van der Waals surface area contributed by atoms with E-state index in [1.165, 1.54) is 11.8 Å². The first-order chi connectivity index (χ1) is 11.7. The van der Waals surface area contributed by atoms with Gasteiger partial charge in [0.25, 0.3) is 0 Å². The van der Waals surface area contributed by atoms with Gasteiger partial charge in [0.15, 0.2) is 6.29 Å². The molecule has 0 N–H and O–H groups in total. The van der Waals surface area contributed by atoms with Gasteiger partial charge in [0, 0.05) is 51.9 Å². The molecule has 120 valence electrons. The summed E-state index contributed by atoms with van der Waals surface area (Å²) in [5.41, 5.74) is 2.57. The number of pyridine rings is 3. The Kier molecular flexibility index (Phi) is 5.18. The van der Waals surface area contributed by atoms with E-state index >= 15 is 0 Å². The highest BCUT2D eigenvalue weighted by Crippen LogP contribution is 2.29. The zero-order valence-electron chi connectivity index (χ0n) is 13.0. The highest BCUT2D eigenvalue weighted by atomic mass is 32.2. The largest absolute Gasteiger partial charge is 0.473 e. The number of aldehydes is 1. The molecule has 0 radical (unpaired) electrons. The number of carbonyl (C=O) groups excluding carboxylic acids is 1. The molecule has 0 saturated carbocycles. The van der Waals surface area contributed by atoms with Crippen molar-refractivity contribution >= 4 is 18.0 Å². The van der Waals surface area contributed by atoms with Crippen LogP contribution in [-0.2, 0) is 6.61 Å². The molecule has 0 aliphatic rings. The second-order valence-corrected chi connectivity index (χ2v) is 6.18. The van der Waals surface area contributed by atoms with E-state index in [4.69, 9.17) is 4.74 Å². The van der Waals surface area contributed by atoms with Crippen molar-refractivity contribution in [1.82, 2.24) is 15.0 Å². The van der Waals surface area contributed by atoms with Gasteiger partial charge in [0.1, 0.15) is 6.61 Å². The zero-order chi connectivity index (χ0) is 16.8. The predicted octanol–water partition coefficient (Wildman–Crippen LogP) is 3.72. The SMILES string of the molecule is Cc1cc(COc2ccc(Sc3ccncc3C=O)cn2)ccn1. The average Bonchev–Trinajstić information content (AvgIpc) is 2.62. The number of carbonyl (C=O) groups is 1. The summed E-state index contributed by atoms with van der Waals surface area (Å²) in [5, 5.41) is 0. The van der Waals surface area contributed by atoms with Crippen molar-refractivity contribution in [1.29, 1.82) is 0 Å². The summed E-state index contributed by atoms with van der Waals surface area (Å²) in [6.45, 7) is 2.39. The van der Waals surface area contributed by atoms with Crippen LogP contribution in [0.4, 0.5) is 0 Å². The zero-order valence-corrected chi connectivity index (χ0v) is 13.9. The van der Waals surface area contributed by atoms with E-state index in [-0.39, 0.29) is 0 Å². The predicted molar refractivity (Wildman–Crippen MR) is 91.3 cm³/mol. The van der Waals surface area contributed by atoms with Crippen molar-refractivity contribution in [2.24, 2.45) is 0 Å². The fourth-order valence-corrected chi connectivity index (χ4v) is 2.91. The number of aryl methyl sites for hydroxylation is 1. The van der Waals surface area contributed by atoms with Gasteiger partial charge >= 0.3 is 0 Å². The quantitative estimate of drug-likeness (QED) is 0.639. The van der Waals surface area contributed by atoms with Gasteiger partial charge in [-0.15, -0.1) is 0 Å². The molecule has 5 nitrogen and oxygen atoms in total. The lowest BCUT2D eigenvalue weighted by Gasteiger charge is -2.07. The van der Waals surface area contributed by atoms with Gasteiger partial charge < -0.3 is 4.74 Å². The molecule has 0 fully saturated rings. The van der Waals surface area contributed by atoms with Gasteiger partial charge in [-0.05, 0) is 36.8 Å². The fraction of sp³-hybridized carbons (Fsp3) is 0.111. The topological polar surface area (TPSA) is 65.0 Å². The highest BCUT2D eigenvalue weighted by molar-refractivity contribution is 7.99. The van der Waals surface area contributed by atoms with Crippen molar-refractivity contribution in [3.63, 3.8) is 0 Å². The molecule has 3 rings (SSSR count). The summed E-state index contributed by atoms with van der Waals surface area (Å²) in [4.78, 5) is 25.2. The smallest absolute Gasteiger partial charge is 0.213 e. The third kappa shape index (κ3) is 4.17. The summed E-state index contributed by atoms with van der Waals surface area (Å²) in [6, 6.07) is 9.44. The second-order valence-electron chi connectivity index (χ2n) is 5.06. The van der Waals surface area contributed by atoms with Gasteiger partial charge in [-0.3, -0.25) is 14.8 Å². The summed E-state index contributed by atoms with van der Waals surface area (Å²) < 4.78 is 5.68. The summed E-state index contributed by atoms with van der Waals surface area (Å²) in [5.74, 6) is 0.555. The number of ether oxygens (including phenoxy) is 1. The molecular weight excluding hydrogens is 322 g/mol. The van der Waals surface area contributed by atoms with Gasteiger partial charge in [-0.25, -0.2) is 4.98 Å². The molecule has 0 spiro atoms. The lowest BCUT2D eigenvalue weighted by Crippen LogP contribution is -1.98. The maximum atomic E-state index is 11.0. The van der Waals surface area contributed by atoms with Crippen LogP contribution in [0.5, 0.6) is 5.88 Å². The van der Waals surface area contributed by atoms with Crippen molar-refractivity contribution in [3.8, 4) is 5.88 Å². The maximum absolute atomic E-state index is 11.0. The Balaban J connectivity index is 1.64. The van der Waals surface area contributed by atoms with Gasteiger partial charge in [0.05, 0.1) is 0 Å². The van der Waals surface area contributed by atoms with Gasteiger partial charge in [-0.1, -0.05) is 11.8 Å². The molecular formula is C18H15N3O2S. The molecule has 0 aliphatic heterocycles. The third-order valence-corrected chi connectivity index (χ3v) is 4.29.